The molecule has 0 unspecified atom stereocenters. The summed E-state index contributed by atoms with van der Waals surface area (Å²) in [6.07, 6.45) is 0. The molecule has 0 saturated carbocycles. The molecule has 0 radical (unpaired) electrons. The molecular weight excluding hydrogens is 791 g/mol. The minimum atomic E-state index is -0.863. The minimum absolute atomic E-state index is 0.182. The average molecular weight is 856 g/mol. The highest BCUT2D eigenvalue weighted by atomic mass is 15.3. The molecule has 65 heavy (non-hydrogen) atoms. The van der Waals surface area contributed by atoms with Crippen LogP contribution in [-0.2, 0) is 5.41 Å². The second kappa shape index (κ2) is 14.3. The van der Waals surface area contributed by atoms with Crippen molar-refractivity contribution in [1.29, 1.82) is 0 Å². The molecule has 0 spiro atoms. The van der Waals surface area contributed by atoms with Crippen LogP contribution in [0.5, 0.6) is 0 Å². The van der Waals surface area contributed by atoms with Gasteiger partial charge < -0.3 is 0 Å². The molecule has 0 saturated heterocycles. The number of para-hydroxylation sites is 2. The Bertz CT molecular complexity index is 5000. The summed E-state index contributed by atoms with van der Waals surface area (Å²) in [5.41, 5.74) is 0.501. The Morgan fingerprint density at radius 2 is 0.892 bits per heavy atom. The fourth-order valence-corrected chi connectivity index (χ4v) is 8.83. The van der Waals surface area contributed by atoms with Crippen molar-refractivity contribution < 1.29 is 32.9 Å². The first-order valence-corrected chi connectivity index (χ1v) is 20.3. The summed E-state index contributed by atoms with van der Waals surface area (Å²) in [4.78, 5) is 14.8. The van der Waals surface area contributed by atoms with Gasteiger partial charge >= 0.3 is 0 Å². The van der Waals surface area contributed by atoms with Crippen molar-refractivity contribution in [3.05, 3.63) is 223 Å². The molecule has 13 rings (SSSR count). The molecule has 12 aromatic rings. The highest BCUT2D eigenvalue weighted by Crippen LogP contribution is 2.49. The Kier molecular flexibility index (Phi) is 4.49. The van der Waals surface area contributed by atoms with Crippen LogP contribution >= 0.6 is 0 Å². The molecule has 0 amide bonds. The molecule has 5 heteroatoms. The van der Waals surface area contributed by atoms with Crippen LogP contribution in [0, 0.1) is 0 Å². The van der Waals surface area contributed by atoms with E-state index in [-0.39, 0.29) is 11.4 Å². The molecule has 0 fully saturated rings. The van der Waals surface area contributed by atoms with Gasteiger partial charge in [-0.3, -0.25) is 9.13 Å². The summed E-state index contributed by atoms with van der Waals surface area (Å²) in [6.45, 7) is 4.23. The fraction of sp³-hybridized carbons (Fsp3) is 0.0500. The third kappa shape index (κ3) is 5.82. The first kappa shape index (κ1) is 20.4. The molecule has 0 atom stereocenters. The smallest absolute Gasteiger partial charge is 0.240 e. The lowest BCUT2D eigenvalue weighted by Gasteiger charge is -2.22. The van der Waals surface area contributed by atoms with E-state index in [1.165, 1.54) is 0 Å². The SMILES string of the molecule is [2H]c1c([2H])c([2H])c(-c2c([2H])c([2H])c3c4c([2H])c([2H])c([2H])c([2H])c4n(-c4nc(-c5cccc(-c6ccc7c(c6)C(C)(C)c6ccccc6-7)c5)nc(-n5c6c([2H])c([2H])c([2H])c([2H])c6c6c([2H])c([2H])c(-c7c([2H])c([2H])c([2H])c([2H])c7[2H])c([2H])c65)n4)c3c2[2H])c([2H])c1[2H]. The van der Waals surface area contributed by atoms with E-state index in [2.05, 4.69) is 32.0 Å². The van der Waals surface area contributed by atoms with Crippen LogP contribution in [0.4, 0.5) is 0 Å². The highest BCUT2D eigenvalue weighted by molar-refractivity contribution is 6.11. The van der Waals surface area contributed by atoms with Gasteiger partial charge in [0.2, 0.25) is 11.9 Å². The lowest BCUT2D eigenvalue weighted by atomic mass is 9.81. The first-order valence-electron chi connectivity index (χ1n) is 32.3. The molecule has 3 aromatic heterocycles. The summed E-state index contributed by atoms with van der Waals surface area (Å²) in [5.74, 6) is -1.66. The number of rotatable bonds is 6. The zero-order valence-corrected chi connectivity index (χ0v) is 34.1. The van der Waals surface area contributed by atoms with Crippen LogP contribution in [0.2, 0.25) is 0 Å². The third-order valence-corrected chi connectivity index (χ3v) is 11.9. The molecule has 0 bridgehead atoms. The second-order valence-electron chi connectivity index (χ2n) is 15.8. The van der Waals surface area contributed by atoms with Crippen molar-refractivity contribution in [3.63, 3.8) is 0 Å². The Labute approximate surface area is 410 Å². The van der Waals surface area contributed by atoms with Gasteiger partial charge in [0.05, 0.1) is 55.0 Å². The molecule has 1 aliphatic rings. The van der Waals surface area contributed by atoms with Gasteiger partial charge in [0.15, 0.2) is 5.82 Å². The number of nitrogens with zero attached hydrogens (tertiary/aromatic N) is 5. The van der Waals surface area contributed by atoms with Crippen molar-refractivity contribution >= 4 is 43.6 Å². The third-order valence-electron chi connectivity index (χ3n) is 11.9. The van der Waals surface area contributed by atoms with Crippen LogP contribution < -0.4 is 0 Å². The number of fused-ring (bicyclic) bond motifs is 9. The van der Waals surface area contributed by atoms with Crippen LogP contribution in [0.15, 0.2) is 212 Å². The largest absolute Gasteiger partial charge is 0.278 e. The maximum absolute atomic E-state index is 10.0. The zero-order chi connectivity index (χ0) is 64.1. The van der Waals surface area contributed by atoms with Gasteiger partial charge in [-0.15, -0.1) is 0 Å². The average Bonchev–Trinajstić information content (AvgIpc) is 1.57. The van der Waals surface area contributed by atoms with Crippen molar-refractivity contribution in [2.24, 2.45) is 0 Å². The predicted octanol–water partition coefficient (Wildman–Crippen LogP) is 15.0. The van der Waals surface area contributed by atoms with Gasteiger partial charge in [-0.1, -0.05) is 189 Å². The van der Waals surface area contributed by atoms with Gasteiger partial charge in [-0.05, 0) is 91.9 Å². The van der Waals surface area contributed by atoms with Crippen molar-refractivity contribution in [1.82, 2.24) is 24.1 Å². The summed E-state index contributed by atoms with van der Waals surface area (Å²) in [7, 11) is 0. The number of benzene rings is 9. The lowest BCUT2D eigenvalue weighted by Crippen LogP contribution is -2.14. The molecule has 306 valence electrons. The van der Waals surface area contributed by atoms with E-state index in [4.69, 9.17) is 34.1 Å². The van der Waals surface area contributed by atoms with Gasteiger partial charge in [0, 0.05) is 32.5 Å². The maximum Gasteiger partial charge on any atom is 0.240 e. The van der Waals surface area contributed by atoms with E-state index >= 15 is 0 Å². The predicted molar refractivity (Wildman–Crippen MR) is 268 cm³/mol. The monoisotopic (exact) mass is 855 g/mol. The molecular formula is C60H41N5. The molecule has 5 nitrogen and oxygen atoms in total. The molecule has 0 aliphatic heterocycles. The van der Waals surface area contributed by atoms with E-state index in [1.807, 2.05) is 30.3 Å². The molecule has 0 N–H and O–H groups in total. The number of hydrogen-bond donors (Lipinski definition) is 0. The molecule has 1 aliphatic carbocycles. The quantitative estimate of drug-likeness (QED) is 0.167. The van der Waals surface area contributed by atoms with E-state index in [0.29, 0.717) is 5.56 Å². The van der Waals surface area contributed by atoms with Crippen LogP contribution in [0.25, 0.3) is 111 Å². The fourth-order valence-electron chi connectivity index (χ4n) is 8.83. The Morgan fingerprint density at radius 3 is 1.51 bits per heavy atom. The normalized spacial score (nSPS) is 18.1. The summed E-state index contributed by atoms with van der Waals surface area (Å²) < 4.78 is 220. The summed E-state index contributed by atoms with van der Waals surface area (Å²) in [6, 6.07) is 0.923. The molecule has 9 aromatic carbocycles. The van der Waals surface area contributed by atoms with E-state index in [1.54, 1.807) is 18.2 Å². The van der Waals surface area contributed by atoms with Crippen LogP contribution in [-0.4, -0.2) is 24.1 Å². The van der Waals surface area contributed by atoms with Crippen LogP contribution in [0.3, 0.4) is 0 Å². The Balaban J connectivity index is 1.22. The van der Waals surface area contributed by atoms with Gasteiger partial charge in [0.1, 0.15) is 0 Å². The van der Waals surface area contributed by atoms with E-state index in [0.717, 1.165) is 37.0 Å². The topological polar surface area (TPSA) is 48.5 Å². The summed E-state index contributed by atoms with van der Waals surface area (Å²) >= 11 is 0. The second-order valence-corrected chi connectivity index (χ2v) is 15.8. The molecule has 3 heterocycles. The highest BCUT2D eigenvalue weighted by Gasteiger charge is 2.35. The number of aromatic nitrogens is 5. The van der Waals surface area contributed by atoms with E-state index in [9.17, 15) is 13.7 Å². The zero-order valence-electron chi connectivity index (χ0n) is 58.1. The Morgan fingerprint density at radius 1 is 0.385 bits per heavy atom. The Hall–Kier alpha value is -8.41. The standard InChI is InChI=1S/C60H41N5/c1-60(2)51-25-12-9-22-45(51)46-31-28-41(35-52(46)60)40-20-15-21-44(34-40)57-61-58(64-53-26-13-10-23-47(53)49-32-29-42(36-55(49)64)38-16-5-3-6-17-38)63-59(62-57)65-54-27-14-11-24-48(54)50-33-30-43(37-56(50)65)39-18-7-4-8-19-39/h3-37H,1-2H3/i3D,4D,5D,6D,7D,8D,10D,11D,13D,14D,16D,17D,18D,19D,23D,24D,26D,27D,29D,30D,32D,33D,36D,37D. The van der Waals surface area contributed by atoms with Gasteiger partial charge in [-0.2, -0.15) is 15.0 Å². The summed E-state index contributed by atoms with van der Waals surface area (Å²) in [5, 5.41) is -1.81. The first-order chi connectivity index (χ1) is 42.0. The maximum atomic E-state index is 10.0. The van der Waals surface area contributed by atoms with Crippen molar-refractivity contribution in [3.8, 4) is 67.8 Å². The van der Waals surface area contributed by atoms with E-state index < -0.39 is 228 Å². The van der Waals surface area contributed by atoms with Crippen molar-refractivity contribution in [2.45, 2.75) is 19.3 Å². The van der Waals surface area contributed by atoms with Gasteiger partial charge in [-0.25, -0.2) is 0 Å². The lowest BCUT2D eigenvalue weighted by molar-refractivity contribution is 0.660. The van der Waals surface area contributed by atoms with Crippen molar-refractivity contribution in [2.75, 3.05) is 0 Å². The number of hydrogen-bond acceptors (Lipinski definition) is 3. The van der Waals surface area contributed by atoms with Crippen LogP contribution in [0.1, 0.15) is 57.9 Å². The minimum Gasteiger partial charge on any atom is -0.278 e. The van der Waals surface area contributed by atoms with Gasteiger partial charge in [0.25, 0.3) is 0 Å².